The van der Waals surface area contributed by atoms with Crippen LogP contribution in [0, 0.1) is 0 Å². The van der Waals surface area contributed by atoms with Gasteiger partial charge in [0.2, 0.25) is 11.8 Å². The molecule has 0 fully saturated rings. The maximum Gasteiger partial charge on any atom is 0.326 e. The number of benzene rings is 1. The van der Waals surface area contributed by atoms with Gasteiger partial charge in [-0.25, -0.2) is 4.79 Å². The van der Waals surface area contributed by atoms with Crippen LogP contribution in [-0.4, -0.2) is 28.9 Å². The van der Waals surface area contributed by atoms with E-state index in [-0.39, 0.29) is 12.8 Å². The van der Waals surface area contributed by atoms with Crippen molar-refractivity contribution in [3.63, 3.8) is 0 Å². The maximum atomic E-state index is 11.9. The van der Waals surface area contributed by atoms with Crippen LogP contribution in [0.3, 0.4) is 0 Å². The number of hydrogen-bond donors (Lipinski definition) is 4. The van der Waals surface area contributed by atoms with E-state index in [1.807, 2.05) is 0 Å². The van der Waals surface area contributed by atoms with Gasteiger partial charge in [0.05, 0.1) is 0 Å². The number of carboxylic acids is 1. The minimum atomic E-state index is -1.24. The molecule has 6 N–H and O–H groups in total. The standard InChI is InChI=1S/C13H17N3O4/c14-10(17)7-6-9(13(19)20)16-12(18)11(15)8-4-2-1-3-5-8/h1-5,9,11H,6-7,15H2,(H2,14,17)(H,16,18)(H,19,20)/t9-,11+/m0/s1. The molecule has 20 heavy (non-hydrogen) atoms. The first-order chi connectivity index (χ1) is 9.41. The van der Waals surface area contributed by atoms with Crippen molar-refractivity contribution in [2.75, 3.05) is 0 Å². The van der Waals surface area contributed by atoms with Crippen LogP contribution in [-0.2, 0) is 14.4 Å². The Morgan fingerprint density at radius 1 is 1.20 bits per heavy atom. The highest BCUT2D eigenvalue weighted by molar-refractivity contribution is 5.88. The highest BCUT2D eigenvalue weighted by Gasteiger charge is 2.24. The molecule has 1 aromatic rings. The predicted molar refractivity (Wildman–Crippen MR) is 71.4 cm³/mol. The first kappa shape index (κ1) is 15.6. The lowest BCUT2D eigenvalue weighted by atomic mass is 10.1. The minimum Gasteiger partial charge on any atom is -0.480 e. The number of carboxylic acid groups (broad SMARTS) is 1. The van der Waals surface area contributed by atoms with Gasteiger partial charge >= 0.3 is 5.97 Å². The third-order valence-corrected chi connectivity index (χ3v) is 2.74. The van der Waals surface area contributed by atoms with E-state index in [1.165, 1.54) is 0 Å². The van der Waals surface area contributed by atoms with E-state index in [0.717, 1.165) is 0 Å². The Morgan fingerprint density at radius 3 is 2.30 bits per heavy atom. The van der Waals surface area contributed by atoms with Crippen LogP contribution in [0.4, 0.5) is 0 Å². The molecule has 0 radical (unpaired) electrons. The van der Waals surface area contributed by atoms with E-state index < -0.39 is 29.9 Å². The van der Waals surface area contributed by atoms with Gasteiger partial charge in [0.15, 0.2) is 0 Å². The lowest BCUT2D eigenvalue weighted by Crippen LogP contribution is -2.45. The summed E-state index contributed by atoms with van der Waals surface area (Å²) < 4.78 is 0. The van der Waals surface area contributed by atoms with Crippen molar-refractivity contribution in [1.82, 2.24) is 5.32 Å². The Balaban J connectivity index is 2.66. The fourth-order valence-corrected chi connectivity index (χ4v) is 1.62. The van der Waals surface area contributed by atoms with Crippen molar-refractivity contribution in [2.24, 2.45) is 11.5 Å². The summed E-state index contributed by atoms with van der Waals surface area (Å²) in [7, 11) is 0. The fraction of sp³-hybridized carbons (Fsp3) is 0.308. The second-order valence-corrected chi connectivity index (χ2v) is 4.29. The molecule has 108 valence electrons. The SMILES string of the molecule is NC(=O)CC[C@H](NC(=O)[C@H](N)c1ccccc1)C(=O)O. The smallest absolute Gasteiger partial charge is 0.326 e. The quantitative estimate of drug-likeness (QED) is 0.534. The van der Waals surface area contributed by atoms with Gasteiger partial charge in [0.25, 0.3) is 0 Å². The third-order valence-electron chi connectivity index (χ3n) is 2.74. The summed E-state index contributed by atoms with van der Waals surface area (Å²) in [6.45, 7) is 0. The van der Waals surface area contributed by atoms with E-state index in [1.54, 1.807) is 30.3 Å². The first-order valence-corrected chi connectivity index (χ1v) is 6.04. The number of nitrogens with two attached hydrogens (primary N) is 2. The number of nitrogens with one attached hydrogen (secondary N) is 1. The largest absolute Gasteiger partial charge is 0.480 e. The molecule has 1 rings (SSSR count). The number of primary amides is 1. The summed E-state index contributed by atoms with van der Waals surface area (Å²) in [6, 6.07) is 6.42. The zero-order valence-corrected chi connectivity index (χ0v) is 10.8. The lowest BCUT2D eigenvalue weighted by molar-refractivity contribution is -0.142. The molecule has 0 aliphatic rings. The summed E-state index contributed by atoms with van der Waals surface area (Å²) >= 11 is 0. The molecule has 0 saturated carbocycles. The topological polar surface area (TPSA) is 136 Å². The van der Waals surface area contributed by atoms with E-state index in [4.69, 9.17) is 16.6 Å². The first-order valence-electron chi connectivity index (χ1n) is 6.04. The van der Waals surface area contributed by atoms with Gasteiger partial charge in [-0.1, -0.05) is 30.3 Å². The van der Waals surface area contributed by atoms with Crippen LogP contribution in [0.2, 0.25) is 0 Å². The molecule has 0 spiro atoms. The van der Waals surface area contributed by atoms with Crippen LogP contribution < -0.4 is 16.8 Å². The summed E-state index contributed by atoms with van der Waals surface area (Å²) in [4.78, 5) is 33.5. The van der Waals surface area contributed by atoms with Gasteiger partial charge in [-0.15, -0.1) is 0 Å². The fourth-order valence-electron chi connectivity index (χ4n) is 1.62. The normalized spacial score (nSPS) is 13.2. The van der Waals surface area contributed by atoms with Gasteiger partial charge < -0.3 is 21.9 Å². The Bertz CT molecular complexity index is 490. The van der Waals surface area contributed by atoms with Crippen molar-refractivity contribution >= 4 is 17.8 Å². The molecule has 0 aromatic heterocycles. The van der Waals surface area contributed by atoms with Crippen molar-refractivity contribution in [2.45, 2.75) is 24.9 Å². The van der Waals surface area contributed by atoms with E-state index in [2.05, 4.69) is 5.32 Å². The van der Waals surface area contributed by atoms with E-state index >= 15 is 0 Å². The van der Waals surface area contributed by atoms with Gasteiger partial charge in [-0.2, -0.15) is 0 Å². The second-order valence-electron chi connectivity index (χ2n) is 4.29. The number of carbonyl (C=O) groups is 3. The van der Waals surface area contributed by atoms with Crippen LogP contribution in [0.25, 0.3) is 0 Å². The van der Waals surface area contributed by atoms with Gasteiger partial charge in [0, 0.05) is 6.42 Å². The van der Waals surface area contributed by atoms with Crippen LogP contribution in [0.1, 0.15) is 24.4 Å². The van der Waals surface area contributed by atoms with E-state index in [0.29, 0.717) is 5.56 Å². The third kappa shape index (κ3) is 4.69. The number of hydrogen-bond acceptors (Lipinski definition) is 4. The second kappa shape index (κ2) is 7.25. The molecular weight excluding hydrogens is 262 g/mol. The van der Waals surface area contributed by atoms with Gasteiger partial charge in [-0.05, 0) is 12.0 Å². The van der Waals surface area contributed by atoms with Crippen molar-refractivity contribution in [3.05, 3.63) is 35.9 Å². The molecule has 0 aliphatic heterocycles. The van der Waals surface area contributed by atoms with Crippen LogP contribution in [0.5, 0.6) is 0 Å². The van der Waals surface area contributed by atoms with E-state index in [9.17, 15) is 14.4 Å². The number of aliphatic carboxylic acids is 1. The molecule has 7 heteroatoms. The lowest BCUT2D eigenvalue weighted by Gasteiger charge is -2.17. The molecule has 2 atom stereocenters. The molecule has 2 amide bonds. The Morgan fingerprint density at radius 2 is 1.80 bits per heavy atom. The molecule has 0 bridgehead atoms. The zero-order chi connectivity index (χ0) is 15.1. The van der Waals surface area contributed by atoms with Crippen LogP contribution in [0.15, 0.2) is 30.3 Å². The molecule has 1 aromatic carbocycles. The predicted octanol–water partition coefficient (Wildman–Crippen LogP) is -0.479. The Hall–Kier alpha value is -2.41. The molecule has 7 nitrogen and oxygen atoms in total. The van der Waals surface area contributed by atoms with Gasteiger partial charge in [-0.3, -0.25) is 9.59 Å². The maximum absolute atomic E-state index is 11.9. The van der Waals surface area contributed by atoms with Crippen molar-refractivity contribution in [1.29, 1.82) is 0 Å². The zero-order valence-electron chi connectivity index (χ0n) is 10.8. The van der Waals surface area contributed by atoms with Crippen LogP contribution >= 0.6 is 0 Å². The van der Waals surface area contributed by atoms with Crippen molar-refractivity contribution in [3.8, 4) is 0 Å². The molecule has 0 saturated heterocycles. The minimum absolute atomic E-state index is 0.0715. The van der Waals surface area contributed by atoms with Crippen molar-refractivity contribution < 1.29 is 19.5 Å². The molecule has 0 unspecified atom stereocenters. The van der Waals surface area contributed by atoms with Gasteiger partial charge in [0.1, 0.15) is 12.1 Å². The monoisotopic (exact) mass is 279 g/mol. The highest BCUT2D eigenvalue weighted by Crippen LogP contribution is 2.10. The number of carbonyl (C=O) groups excluding carboxylic acids is 2. The Labute approximate surface area is 115 Å². The summed E-state index contributed by atoms with van der Waals surface area (Å²) in [5, 5.41) is 11.3. The summed E-state index contributed by atoms with van der Waals surface area (Å²) in [5.74, 6) is -2.48. The number of rotatable bonds is 7. The highest BCUT2D eigenvalue weighted by atomic mass is 16.4. The average Bonchev–Trinajstić information content (AvgIpc) is 2.42. The summed E-state index contributed by atoms with van der Waals surface area (Å²) in [6.07, 6.45) is -0.199. The summed E-state index contributed by atoms with van der Waals surface area (Å²) in [5.41, 5.74) is 11.3. The number of amides is 2. The Kier molecular flexibility index (Phi) is 5.67. The molecular formula is C13H17N3O4. The molecule has 0 heterocycles. The molecule has 0 aliphatic carbocycles. The average molecular weight is 279 g/mol.